The van der Waals surface area contributed by atoms with Crippen molar-refractivity contribution in [3.8, 4) is 0 Å². The summed E-state index contributed by atoms with van der Waals surface area (Å²) in [4.78, 5) is 4.81. The molecular formula is C26H23N2. The van der Waals surface area contributed by atoms with Crippen LogP contribution in [0.3, 0.4) is 0 Å². The summed E-state index contributed by atoms with van der Waals surface area (Å²) in [5.41, 5.74) is 4.40. The molecule has 5 rings (SSSR count). The van der Waals surface area contributed by atoms with Crippen LogP contribution in [0, 0.1) is 5.92 Å². The average Bonchev–Trinajstić information content (AvgIpc) is 3.29. The first-order valence-corrected chi connectivity index (χ1v) is 9.83. The van der Waals surface area contributed by atoms with E-state index in [-0.39, 0.29) is 0 Å². The van der Waals surface area contributed by atoms with E-state index >= 15 is 0 Å². The van der Waals surface area contributed by atoms with E-state index in [2.05, 4.69) is 109 Å². The minimum Gasteiger partial charge on any atom is -0.319 e. The van der Waals surface area contributed by atoms with E-state index in [1.807, 2.05) is 6.33 Å². The van der Waals surface area contributed by atoms with Crippen molar-refractivity contribution in [3.05, 3.63) is 132 Å². The molecule has 4 aromatic rings. The van der Waals surface area contributed by atoms with Crippen LogP contribution >= 0.6 is 0 Å². The van der Waals surface area contributed by atoms with E-state index in [4.69, 9.17) is 4.98 Å². The quantitative estimate of drug-likeness (QED) is 0.409. The van der Waals surface area contributed by atoms with Crippen LogP contribution in [-0.4, -0.2) is 9.55 Å². The summed E-state index contributed by atoms with van der Waals surface area (Å²) < 4.78 is 2.30. The van der Waals surface area contributed by atoms with Crippen molar-refractivity contribution in [2.24, 2.45) is 0 Å². The Morgan fingerprint density at radius 2 is 1.18 bits per heavy atom. The molecule has 0 N–H and O–H groups in total. The van der Waals surface area contributed by atoms with Crippen molar-refractivity contribution >= 4 is 0 Å². The van der Waals surface area contributed by atoms with Crippen LogP contribution in [0.25, 0.3) is 0 Å². The highest BCUT2D eigenvalue weighted by Crippen LogP contribution is 2.49. The summed E-state index contributed by atoms with van der Waals surface area (Å²) in [7, 11) is 0. The lowest BCUT2D eigenvalue weighted by Gasteiger charge is -2.37. The van der Waals surface area contributed by atoms with Crippen molar-refractivity contribution in [1.29, 1.82) is 0 Å². The molecule has 137 valence electrons. The molecule has 0 amide bonds. The molecule has 1 aliphatic rings. The van der Waals surface area contributed by atoms with Crippen molar-refractivity contribution in [3.63, 3.8) is 0 Å². The number of imidazole rings is 1. The summed E-state index contributed by atoms with van der Waals surface area (Å²) in [5.74, 6) is 2.04. The molecule has 1 aliphatic carbocycles. The van der Waals surface area contributed by atoms with Gasteiger partial charge in [0, 0.05) is 12.1 Å². The molecule has 0 aliphatic heterocycles. The zero-order chi connectivity index (χ0) is 19.0. The zero-order valence-electron chi connectivity index (χ0n) is 16.0. The molecule has 0 saturated heterocycles. The van der Waals surface area contributed by atoms with Gasteiger partial charge in [-0.15, -0.1) is 0 Å². The normalized spacial score (nSPS) is 16.8. The second kappa shape index (κ2) is 6.79. The first-order valence-electron chi connectivity index (χ1n) is 9.83. The standard InChI is InChI=1S/C26H23N2/c1-20-17-24(20)25-18-28(19-27-25)26(21-11-5-2-6-12-21,22-13-7-3-8-14-22)23-15-9-4-10-16-23/h2-16,18-19,24H,17H2,1H3. The third kappa shape index (κ3) is 2.68. The van der Waals surface area contributed by atoms with E-state index < -0.39 is 5.54 Å². The van der Waals surface area contributed by atoms with Gasteiger partial charge >= 0.3 is 0 Å². The van der Waals surface area contributed by atoms with Gasteiger partial charge in [0.25, 0.3) is 0 Å². The summed E-state index contributed by atoms with van der Waals surface area (Å²) in [6.45, 7) is 2.22. The van der Waals surface area contributed by atoms with Gasteiger partial charge in [0.05, 0.1) is 12.0 Å². The molecule has 1 fully saturated rings. The highest BCUT2D eigenvalue weighted by atomic mass is 15.1. The van der Waals surface area contributed by atoms with Crippen LogP contribution in [0.1, 0.15) is 41.6 Å². The number of rotatable bonds is 5. The summed E-state index contributed by atoms with van der Waals surface area (Å²) in [5, 5.41) is 0. The van der Waals surface area contributed by atoms with Gasteiger partial charge in [0.2, 0.25) is 0 Å². The Balaban J connectivity index is 1.81. The largest absolute Gasteiger partial charge is 0.319 e. The Labute approximate surface area is 166 Å². The van der Waals surface area contributed by atoms with Crippen molar-refractivity contribution in [2.75, 3.05) is 0 Å². The lowest BCUT2D eigenvalue weighted by atomic mass is 9.77. The third-order valence-electron chi connectivity index (χ3n) is 5.88. The molecule has 0 bridgehead atoms. The van der Waals surface area contributed by atoms with Gasteiger partial charge in [-0.2, -0.15) is 0 Å². The van der Waals surface area contributed by atoms with E-state index in [9.17, 15) is 0 Å². The summed E-state index contributed by atoms with van der Waals surface area (Å²) >= 11 is 0. The summed E-state index contributed by atoms with van der Waals surface area (Å²) in [6.07, 6.45) is 5.41. The van der Waals surface area contributed by atoms with Gasteiger partial charge in [-0.05, 0) is 29.0 Å². The van der Waals surface area contributed by atoms with Crippen molar-refractivity contribution in [1.82, 2.24) is 9.55 Å². The Bertz CT molecular complexity index is 955. The molecule has 1 aromatic heterocycles. The molecule has 1 heterocycles. The van der Waals surface area contributed by atoms with E-state index in [1.165, 1.54) is 28.3 Å². The lowest BCUT2D eigenvalue weighted by molar-refractivity contribution is 0.514. The monoisotopic (exact) mass is 363 g/mol. The molecule has 0 spiro atoms. The molecule has 3 aromatic carbocycles. The van der Waals surface area contributed by atoms with Gasteiger partial charge in [-0.3, -0.25) is 0 Å². The second-order valence-corrected chi connectivity index (χ2v) is 7.62. The maximum Gasteiger partial charge on any atom is 0.121 e. The minimum absolute atomic E-state index is 0.460. The van der Waals surface area contributed by atoms with Crippen LogP contribution in [0.15, 0.2) is 104 Å². The Morgan fingerprint density at radius 1 is 0.750 bits per heavy atom. The van der Waals surface area contributed by atoms with E-state index in [0.717, 1.165) is 6.42 Å². The van der Waals surface area contributed by atoms with Crippen LogP contribution in [0.2, 0.25) is 0 Å². The van der Waals surface area contributed by atoms with Crippen LogP contribution in [0.5, 0.6) is 0 Å². The fourth-order valence-electron chi connectivity index (χ4n) is 4.31. The molecule has 1 unspecified atom stereocenters. The Morgan fingerprint density at radius 3 is 1.57 bits per heavy atom. The highest BCUT2D eigenvalue weighted by Gasteiger charge is 2.41. The van der Waals surface area contributed by atoms with Crippen LogP contribution < -0.4 is 0 Å². The fraction of sp³-hybridized carbons (Fsp3) is 0.154. The molecule has 28 heavy (non-hydrogen) atoms. The first kappa shape index (κ1) is 17.0. The SMILES string of the molecule is C[C]1CC1c1cn(C(c2ccccc2)(c2ccccc2)c2ccccc2)cn1. The van der Waals surface area contributed by atoms with Crippen molar-refractivity contribution < 1.29 is 0 Å². The third-order valence-corrected chi connectivity index (χ3v) is 5.88. The molecule has 1 atom stereocenters. The zero-order valence-corrected chi connectivity index (χ0v) is 16.0. The maximum atomic E-state index is 4.81. The molecule has 2 heteroatoms. The predicted molar refractivity (Wildman–Crippen MR) is 113 cm³/mol. The number of benzene rings is 3. The van der Waals surface area contributed by atoms with Crippen LogP contribution in [-0.2, 0) is 5.54 Å². The maximum absolute atomic E-state index is 4.81. The molecule has 1 saturated carbocycles. The number of hydrogen-bond acceptors (Lipinski definition) is 1. The van der Waals surface area contributed by atoms with Crippen molar-refractivity contribution in [2.45, 2.75) is 24.8 Å². The second-order valence-electron chi connectivity index (χ2n) is 7.62. The minimum atomic E-state index is -0.460. The van der Waals surface area contributed by atoms with Gasteiger partial charge in [-0.1, -0.05) is 97.9 Å². The average molecular weight is 363 g/mol. The lowest BCUT2D eigenvalue weighted by Crippen LogP contribution is -2.36. The first-order chi connectivity index (χ1) is 13.8. The molecule has 1 radical (unpaired) electrons. The summed E-state index contributed by atoms with van der Waals surface area (Å²) in [6, 6.07) is 32.2. The van der Waals surface area contributed by atoms with Gasteiger partial charge in [0.15, 0.2) is 0 Å². The molecule has 2 nitrogen and oxygen atoms in total. The predicted octanol–water partition coefficient (Wildman–Crippen LogP) is 5.80. The fourth-order valence-corrected chi connectivity index (χ4v) is 4.31. The topological polar surface area (TPSA) is 17.8 Å². The molecular weight excluding hydrogens is 340 g/mol. The number of aromatic nitrogens is 2. The van der Waals surface area contributed by atoms with Crippen LogP contribution in [0.4, 0.5) is 0 Å². The van der Waals surface area contributed by atoms with Gasteiger partial charge in [0.1, 0.15) is 5.54 Å². The van der Waals surface area contributed by atoms with E-state index in [0.29, 0.717) is 5.92 Å². The highest BCUT2D eigenvalue weighted by molar-refractivity contribution is 5.51. The number of nitrogens with zero attached hydrogens (tertiary/aromatic N) is 2. The van der Waals surface area contributed by atoms with Gasteiger partial charge < -0.3 is 4.57 Å². The number of hydrogen-bond donors (Lipinski definition) is 0. The van der Waals surface area contributed by atoms with Gasteiger partial charge in [-0.25, -0.2) is 4.98 Å². The Kier molecular flexibility index (Phi) is 4.12. The Hall–Kier alpha value is -3.13. The van der Waals surface area contributed by atoms with E-state index in [1.54, 1.807) is 0 Å². The smallest absolute Gasteiger partial charge is 0.121 e.